The van der Waals surface area contributed by atoms with Crippen LogP contribution in [-0.4, -0.2) is 37.9 Å². The number of halogens is 3. The van der Waals surface area contributed by atoms with Gasteiger partial charge >= 0.3 is 18.1 Å². The van der Waals surface area contributed by atoms with Gasteiger partial charge in [0.15, 0.2) is 0 Å². The fraction of sp³-hybridized carbons (Fsp3) is 0.778. The third-order valence-electron chi connectivity index (χ3n) is 2.12. The van der Waals surface area contributed by atoms with Gasteiger partial charge in [0.05, 0.1) is 13.7 Å². The van der Waals surface area contributed by atoms with Crippen molar-refractivity contribution in [3.63, 3.8) is 0 Å². The van der Waals surface area contributed by atoms with Gasteiger partial charge in [0.25, 0.3) is 0 Å². The second-order valence-corrected chi connectivity index (χ2v) is 3.45. The molecule has 0 fully saturated rings. The molecule has 5 nitrogen and oxygen atoms in total. The highest BCUT2D eigenvalue weighted by molar-refractivity contribution is 5.76. The van der Waals surface area contributed by atoms with E-state index in [-0.39, 0.29) is 6.42 Å². The van der Waals surface area contributed by atoms with E-state index in [0.29, 0.717) is 0 Å². The molecule has 17 heavy (non-hydrogen) atoms. The van der Waals surface area contributed by atoms with Gasteiger partial charge in [-0.25, -0.2) is 4.79 Å². The van der Waals surface area contributed by atoms with Crippen LogP contribution in [0.4, 0.5) is 13.2 Å². The molecule has 0 saturated carbocycles. The molecule has 0 bridgehead atoms. The predicted molar refractivity (Wildman–Crippen MR) is 50.8 cm³/mol. The number of nitrogens with two attached hydrogens (primary N) is 1. The average Bonchev–Trinajstić information content (AvgIpc) is 2.25. The number of ether oxygens (including phenoxy) is 2. The first-order valence-electron chi connectivity index (χ1n) is 4.77. The van der Waals surface area contributed by atoms with Crippen molar-refractivity contribution in [2.75, 3.05) is 13.7 Å². The number of rotatable bonds is 5. The highest BCUT2D eigenvalue weighted by atomic mass is 19.4. The molecule has 0 rings (SSSR count). The summed E-state index contributed by atoms with van der Waals surface area (Å²) in [5.74, 6) is -3.38. The summed E-state index contributed by atoms with van der Waals surface area (Å²) in [6.45, 7) is 1.09. The van der Waals surface area contributed by atoms with Crippen LogP contribution in [0.5, 0.6) is 0 Å². The summed E-state index contributed by atoms with van der Waals surface area (Å²) in [5, 5.41) is 0. The minimum atomic E-state index is -5.01. The highest BCUT2D eigenvalue weighted by Gasteiger charge is 2.40. The van der Waals surface area contributed by atoms with Gasteiger partial charge in [0.2, 0.25) is 0 Å². The minimum Gasteiger partial charge on any atom is -0.468 e. The Balaban J connectivity index is 3.98. The highest BCUT2D eigenvalue weighted by Crippen LogP contribution is 2.17. The van der Waals surface area contributed by atoms with Gasteiger partial charge < -0.3 is 15.2 Å². The summed E-state index contributed by atoms with van der Waals surface area (Å²) in [7, 11) is 1.15. The summed E-state index contributed by atoms with van der Waals surface area (Å²) >= 11 is 0. The summed E-state index contributed by atoms with van der Waals surface area (Å²) in [6, 6.07) is -0.954. The van der Waals surface area contributed by atoms with Gasteiger partial charge in [-0.1, -0.05) is 6.92 Å². The number of hydrogen-bond donors (Lipinski definition) is 1. The van der Waals surface area contributed by atoms with E-state index in [0.717, 1.165) is 7.11 Å². The zero-order valence-electron chi connectivity index (χ0n) is 9.41. The third kappa shape index (κ3) is 5.53. The molecule has 0 saturated heterocycles. The van der Waals surface area contributed by atoms with Gasteiger partial charge in [-0.3, -0.25) is 4.79 Å². The van der Waals surface area contributed by atoms with Gasteiger partial charge in [-0.2, -0.15) is 13.2 Å². The summed E-state index contributed by atoms with van der Waals surface area (Å²) in [4.78, 5) is 21.3. The Morgan fingerprint density at radius 3 is 2.29 bits per heavy atom. The molecule has 0 aromatic heterocycles. The Labute approximate surface area is 96.0 Å². The molecule has 0 aliphatic carbocycles. The van der Waals surface area contributed by atoms with E-state index in [4.69, 9.17) is 5.73 Å². The summed E-state index contributed by atoms with van der Waals surface area (Å²) in [5.41, 5.74) is 5.44. The van der Waals surface area contributed by atoms with Gasteiger partial charge in [-0.15, -0.1) is 0 Å². The van der Waals surface area contributed by atoms with Crippen LogP contribution in [-0.2, 0) is 19.1 Å². The van der Waals surface area contributed by atoms with E-state index < -0.39 is 36.7 Å². The van der Waals surface area contributed by atoms with Crippen molar-refractivity contribution in [3.05, 3.63) is 0 Å². The van der Waals surface area contributed by atoms with Crippen molar-refractivity contribution in [2.45, 2.75) is 25.6 Å². The lowest BCUT2D eigenvalue weighted by Crippen LogP contribution is -2.38. The molecule has 2 N–H and O–H groups in total. The average molecular weight is 257 g/mol. The van der Waals surface area contributed by atoms with Crippen LogP contribution in [0.15, 0.2) is 0 Å². The molecule has 8 heteroatoms. The zero-order valence-corrected chi connectivity index (χ0v) is 9.41. The normalized spacial score (nSPS) is 14.9. The lowest BCUT2D eigenvalue weighted by atomic mass is 10.00. The van der Waals surface area contributed by atoms with Crippen LogP contribution in [0.25, 0.3) is 0 Å². The van der Waals surface area contributed by atoms with Crippen molar-refractivity contribution in [3.8, 4) is 0 Å². The van der Waals surface area contributed by atoms with Gasteiger partial charge in [0, 0.05) is 0 Å². The maximum absolute atomic E-state index is 11.7. The summed E-state index contributed by atoms with van der Waals surface area (Å²) in [6.07, 6.45) is -4.97. The van der Waals surface area contributed by atoms with E-state index in [1.165, 1.54) is 0 Å². The van der Waals surface area contributed by atoms with Crippen LogP contribution < -0.4 is 5.73 Å². The maximum Gasteiger partial charge on any atom is 0.490 e. The SMILES string of the molecule is COC(=O)[C@@H](N)C(C)CCOC(=O)C(F)(F)F. The maximum atomic E-state index is 11.7. The van der Waals surface area contributed by atoms with E-state index in [1.807, 2.05) is 0 Å². The second kappa shape index (κ2) is 6.43. The van der Waals surface area contributed by atoms with E-state index in [1.54, 1.807) is 6.92 Å². The molecule has 0 aromatic rings. The van der Waals surface area contributed by atoms with Gasteiger partial charge in [-0.05, 0) is 12.3 Å². The molecule has 0 aliphatic rings. The molecule has 100 valence electrons. The van der Waals surface area contributed by atoms with Crippen molar-refractivity contribution in [1.82, 2.24) is 0 Å². The summed E-state index contributed by atoms with van der Waals surface area (Å²) < 4.78 is 43.6. The molecule has 0 amide bonds. The molecule has 0 heterocycles. The predicted octanol–water partition coefficient (Wildman–Crippen LogP) is 0.618. The lowest BCUT2D eigenvalue weighted by molar-refractivity contribution is -0.200. The molecular weight excluding hydrogens is 243 g/mol. The molecular formula is C9H14F3NO4. The molecule has 0 aromatic carbocycles. The topological polar surface area (TPSA) is 78.6 Å². The van der Waals surface area contributed by atoms with Crippen LogP contribution in [0.3, 0.4) is 0 Å². The number of methoxy groups -OCH3 is 1. The number of carbonyl (C=O) groups excluding carboxylic acids is 2. The Bertz CT molecular complexity index is 280. The first-order chi connectivity index (χ1) is 7.70. The Morgan fingerprint density at radius 2 is 1.88 bits per heavy atom. The Morgan fingerprint density at radius 1 is 1.35 bits per heavy atom. The lowest BCUT2D eigenvalue weighted by Gasteiger charge is -2.17. The van der Waals surface area contributed by atoms with Crippen LogP contribution >= 0.6 is 0 Å². The Hall–Kier alpha value is -1.31. The van der Waals surface area contributed by atoms with E-state index in [9.17, 15) is 22.8 Å². The van der Waals surface area contributed by atoms with Crippen molar-refractivity contribution in [2.24, 2.45) is 11.7 Å². The fourth-order valence-corrected chi connectivity index (χ4v) is 0.967. The first kappa shape index (κ1) is 15.7. The molecule has 1 unspecified atom stereocenters. The monoisotopic (exact) mass is 257 g/mol. The van der Waals surface area contributed by atoms with Crippen LogP contribution in [0, 0.1) is 5.92 Å². The number of alkyl halides is 3. The van der Waals surface area contributed by atoms with Crippen LogP contribution in [0.1, 0.15) is 13.3 Å². The second-order valence-electron chi connectivity index (χ2n) is 3.45. The van der Waals surface area contributed by atoms with Gasteiger partial charge in [0.1, 0.15) is 6.04 Å². The number of esters is 2. The molecule has 0 spiro atoms. The Kier molecular flexibility index (Phi) is 5.94. The van der Waals surface area contributed by atoms with Crippen molar-refractivity contribution >= 4 is 11.9 Å². The van der Waals surface area contributed by atoms with E-state index >= 15 is 0 Å². The standard InChI is InChI=1S/C9H14F3NO4/c1-5(6(13)7(14)16-2)3-4-17-8(15)9(10,11)12/h5-6H,3-4,13H2,1-2H3/t5?,6-/m0/s1. The van der Waals surface area contributed by atoms with Crippen molar-refractivity contribution in [1.29, 1.82) is 0 Å². The first-order valence-corrected chi connectivity index (χ1v) is 4.77. The number of carbonyl (C=O) groups is 2. The van der Waals surface area contributed by atoms with Crippen LogP contribution in [0.2, 0.25) is 0 Å². The zero-order chi connectivity index (χ0) is 13.6. The van der Waals surface area contributed by atoms with E-state index in [2.05, 4.69) is 9.47 Å². The van der Waals surface area contributed by atoms with Crippen molar-refractivity contribution < 1.29 is 32.2 Å². The molecule has 0 radical (unpaired) electrons. The fourth-order valence-electron chi connectivity index (χ4n) is 0.967. The smallest absolute Gasteiger partial charge is 0.468 e. The number of hydrogen-bond acceptors (Lipinski definition) is 5. The quantitative estimate of drug-likeness (QED) is 0.730. The third-order valence-corrected chi connectivity index (χ3v) is 2.12. The minimum absolute atomic E-state index is 0.0398. The largest absolute Gasteiger partial charge is 0.490 e. The molecule has 2 atom stereocenters. The molecule has 0 aliphatic heterocycles.